The number of rotatable bonds is 5. The molecule has 1 saturated heterocycles. The maximum absolute atomic E-state index is 14.2. The van der Waals surface area contributed by atoms with Crippen molar-refractivity contribution in [1.29, 1.82) is 0 Å². The normalized spacial score (nSPS) is 20.7. The van der Waals surface area contributed by atoms with Crippen LogP contribution in [0.25, 0.3) is 0 Å². The predicted octanol–water partition coefficient (Wildman–Crippen LogP) is 3.22. The summed E-state index contributed by atoms with van der Waals surface area (Å²) >= 11 is 0. The summed E-state index contributed by atoms with van der Waals surface area (Å²) in [4.78, 5) is 12.9. The zero-order valence-corrected chi connectivity index (χ0v) is 11.1. The Kier molecular flexibility index (Phi) is 4.30. The van der Waals surface area contributed by atoms with Gasteiger partial charge in [0.05, 0.1) is 6.54 Å². The molecule has 0 N–H and O–H groups in total. The van der Waals surface area contributed by atoms with Crippen LogP contribution in [0.1, 0.15) is 31.7 Å². The molecule has 0 spiro atoms. The van der Waals surface area contributed by atoms with E-state index >= 15 is 0 Å². The highest BCUT2D eigenvalue weighted by atomic mass is 19.3. The van der Waals surface area contributed by atoms with Gasteiger partial charge in [0.1, 0.15) is 5.78 Å². The summed E-state index contributed by atoms with van der Waals surface area (Å²) in [5.74, 6) is -2.79. The van der Waals surface area contributed by atoms with Crippen LogP contribution < -0.4 is 0 Å². The average Bonchev–Trinajstić information content (AvgIpc) is 2.76. The van der Waals surface area contributed by atoms with Gasteiger partial charge in [-0.15, -0.1) is 0 Å². The number of likely N-dealkylation sites (tertiary alicyclic amines) is 1. The van der Waals surface area contributed by atoms with E-state index in [1.165, 1.54) is 19.1 Å². The second-order valence-corrected chi connectivity index (χ2v) is 5.24. The molecule has 0 saturated carbocycles. The molecule has 1 fully saturated rings. The Morgan fingerprint density at radius 3 is 2.68 bits per heavy atom. The minimum Gasteiger partial charge on any atom is -0.300 e. The van der Waals surface area contributed by atoms with Crippen molar-refractivity contribution in [2.24, 2.45) is 0 Å². The monoisotopic (exact) mass is 267 g/mol. The molecule has 1 atom stereocenters. The summed E-state index contributed by atoms with van der Waals surface area (Å²) in [5.41, 5.74) is 0.0449. The predicted molar refractivity (Wildman–Crippen MR) is 70.2 cm³/mol. The van der Waals surface area contributed by atoms with E-state index in [0.29, 0.717) is 13.0 Å². The second kappa shape index (κ2) is 5.78. The van der Waals surface area contributed by atoms with Gasteiger partial charge in [-0.05, 0) is 26.3 Å². The molecule has 1 unspecified atom stereocenters. The van der Waals surface area contributed by atoms with Crippen molar-refractivity contribution in [2.75, 3.05) is 13.1 Å². The van der Waals surface area contributed by atoms with Crippen molar-refractivity contribution in [3.63, 3.8) is 0 Å². The van der Waals surface area contributed by atoms with E-state index < -0.39 is 5.92 Å². The van der Waals surface area contributed by atoms with Crippen molar-refractivity contribution >= 4 is 5.78 Å². The molecule has 0 aromatic heterocycles. The van der Waals surface area contributed by atoms with Gasteiger partial charge in [-0.2, -0.15) is 8.78 Å². The van der Waals surface area contributed by atoms with Crippen LogP contribution in [0.2, 0.25) is 0 Å². The third-order valence-corrected chi connectivity index (χ3v) is 3.62. The SMILES string of the molecule is CC(=O)CC1CCCN1CC(F)(F)c1ccccc1. The van der Waals surface area contributed by atoms with Gasteiger partial charge in [0.25, 0.3) is 5.92 Å². The minimum atomic E-state index is -2.86. The first kappa shape index (κ1) is 14.1. The smallest absolute Gasteiger partial charge is 0.285 e. The number of nitrogens with zero attached hydrogens (tertiary/aromatic N) is 1. The topological polar surface area (TPSA) is 20.3 Å². The molecule has 19 heavy (non-hydrogen) atoms. The van der Waals surface area contributed by atoms with Crippen LogP contribution in [0.4, 0.5) is 8.78 Å². The fourth-order valence-electron chi connectivity index (χ4n) is 2.69. The zero-order valence-electron chi connectivity index (χ0n) is 11.1. The Hall–Kier alpha value is -1.29. The van der Waals surface area contributed by atoms with Gasteiger partial charge in [-0.3, -0.25) is 9.69 Å². The van der Waals surface area contributed by atoms with Gasteiger partial charge in [-0.1, -0.05) is 30.3 Å². The first-order valence-electron chi connectivity index (χ1n) is 6.66. The van der Waals surface area contributed by atoms with Crippen LogP contribution in [-0.4, -0.2) is 29.8 Å². The van der Waals surface area contributed by atoms with Crippen LogP contribution >= 0.6 is 0 Å². The lowest BCUT2D eigenvalue weighted by atomic mass is 10.1. The summed E-state index contributed by atoms with van der Waals surface area (Å²) in [6, 6.07) is 7.87. The molecule has 1 aromatic carbocycles. The molecule has 0 aliphatic carbocycles. The Balaban J connectivity index is 2.05. The average molecular weight is 267 g/mol. The van der Waals surface area contributed by atoms with Crippen molar-refractivity contribution in [1.82, 2.24) is 4.90 Å². The number of halogens is 2. The number of carbonyl (C=O) groups is 1. The van der Waals surface area contributed by atoms with Gasteiger partial charge in [0.15, 0.2) is 0 Å². The Bertz CT molecular complexity index is 433. The number of ketones is 1. The van der Waals surface area contributed by atoms with E-state index in [0.717, 1.165) is 12.8 Å². The molecule has 104 valence electrons. The van der Waals surface area contributed by atoms with Gasteiger partial charge in [0, 0.05) is 18.0 Å². The number of hydrogen-bond donors (Lipinski definition) is 0. The van der Waals surface area contributed by atoms with E-state index in [1.54, 1.807) is 23.1 Å². The van der Waals surface area contributed by atoms with Gasteiger partial charge >= 0.3 is 0 Å². The van der Waals surface area contributed by atoms with E-state index in [9.17, 15) is 13.6 Å². The summed E-state index contributed by atoms with van der Waals surface area (Å²) in [7, 11) is 0. The first-order valence-corrected chi connectivity index (χ1v) is 6.66. The Morgan fingerprint density at radius 2 is 2.05 bits per heavy atom. The Morgan fingerprint density at radius 1 is 1.37 bits per heavy atom. The lowest BCUT2D eigenvalue weighted by molar-refractivity contribution is -0.118. The Labute approximate surface area is 112 Å². The van der Waals surface area contributed by atoms with Gasteiger partial charge in [-0.25, -0.2) is 0 Å². The number of Topliss-reactive ketones (excluding diaryl/α,β-unsaturated/α-hetero) is 1. The molecule has 4 heteroatoms. The van der Waals surface area contributed by atoms with Crippen LogP contribution in [0.5, 0.6) is 0 Å². The van der Waals surface area contributed by atoms with Crippen LogP contribution in [0.3, 0.4) is 0 Å². The maximum atomic E-state index is 14.2. The highest BCUT2D eigenvalue weighted by molar-refractivity contribution is 5.76. The van der Waals surface area contributed by atoms with Gasteiger partial charge in [0.2, 0.25) is 0 Å². The second-order valence-electron chi connectivity index (χ2n) is 5.24. The standard InChI is InChI=1S/C15H19F2NO/c1-12(19)10-14-8-5-9-18(14)11-15(16,17)13-6-3-2-4-7-13/h2-4,6-7,14H,5,8-11H2,1H3. The number of benzene rings is 1. The lowest BCUT2D eigenvalue weighted by Gasteiger charge is -2.28. The van der Waals surface area contributed by atoms with Crippen molar-refractivity contribution in [2.45, 2.75) is 38.2 Å². The van der Waals surface area contributed by atoms with Crippen LogP contribution in [0, 0.1) is 0 Å². The minimum absolute atomic E-state index is 0.0212. The third kappa shape index (κ3) is 3.60. The summed E-state index contributed by atoms with van der Waals surface area (Å²) in [6.07, 6.45) is 2.11. The molecule has 0 bridgehead atoms. The van der Waals surface area contributed by atoms with Crippen molar-refractivity contribution in [3.05, 3.63) is 35.9 Å². The molecule has 0 amide bonds. The molecular weight excluding hydrogens is 248 g/mol. The molecule has 0 radical (unpaired) electrons. The highest BCUT2D eigenvalue weighted by Crippen LogP contribution is 2.32. The lowest BCUT2D eigenvalue weighted by Crippen LogP contribution is -2.39. The van der Waals surface area contributed by atoms with E-state index in [4.69, 9.17) is 0 Å². The van der Waals surface area contributed by atoms with Crippen LogP contribution in [0.15, 0.2) is 30.3 Å². The summed E-state index contributed by atoms with van der Waals surface area (Å²) in [6.45, 7) is 1.88. The number of carbonyl (C=O) groups excluding carboxylic acids is 1. The third-order valence-electron chi connectivity index (χ3n) is 3.62. The molecule has 2 nitrogen and oxygen atoms in total. The largest absolute Gasteiger partial charge is 0.300 e. The molecule has 1 heterocycles. The molecule has 2 rings (SSSR count). The first-order chi connectivity index (χ1) is 8.99. The zero-order chi connectivity index (χ0) is 13.9. The van der Waals surface area contributed by atoms with E-state index in [2.05, 4.69) is 0 Å². The fraction of sp³-hybridized carbons (Fsp3) is 0.533. The fourth-order valence-corrected chi connectivity index (χ4v) is 2.69. The highest BCUT2D eigenvalue weighted by Gasteiger charge is 2.37. The van der Waals surface area contributed by atoms with E-state index in [-0.39, 0.29) is 23.9 Å². The molecular formula is C15H19F2NO. The summed E-state index contributed by atoms with van der Waals surface area (Å²) < 4.78 is 28.4. The summed E-state index contributed by atoms with van der Waals surface area (Å²) in [5, 5.41) is 0. The number of alkyl halides is 2. The van der Waals surface area contributed by atoms with Crippen LogP contribution in [-0.2, 0) is 10.7 Å². The van der Waals surface area contributed by atoms with E-state index in [1.807, 2.05) is 0 Å². The van der Waals surface area contributed by atoms with Gasteiger partial charge < -0.3 is 0 Å². The van der Waals surface area contributed by atoms with Crippen molar-refractivity contribution in [3.8, 4) is 0 Å². The molecule has 1 aliphatic rings. The number of hydrogen-bond acceptors (Lipinski definition) is 2. The molecule has 1 aliphatic heterocycles. The quantitative estimate of drug-likeness (QED) is 0.816. The van der Waals surface area contributed by atoms with Crippen molar-refractivity contribution < 1.29 is 13.6 Å². The maximum Gasteiger partial charge on any atom is 0.285 e. The molecule has 1 aromatic rings.